The molecule has 2 aliphatic rings. The lowest BCUT2D eigenvalue weighted by Crippen LogP contribution is -2.26. The first-order valence-electron chi connectivity index (χ1n) is 10.4. The summed E-state index contributed by atoms with van der Waals surface area (Å²) >= 11 is 0. The summed E-state index contributed by atoms with van der Waals surface area (Å²) in [7, 11) is 1.40. The van der Waals surface area contributed by atoms with E-state index in [1.807, 2.05) is 13.0 Å². The van der Waals surface area contributed by atoms with E-state index >= 15 is 0 Å². The third kappa shape index (κ3) is 4.71. The van der Waals surface area contributed by atoms with E-state index in [-0.39, 0.29) is 5.82 Å². The molecular formula is C22H35FSi. The van der Waals surface area contributed by atoms with Gasteiger partial charge in [-0.3, -0.25) is 0 Å². The molecule has 0 atom stereocenters. The molecule has 2 fully saturated rings. The predicted molar refractivity (Wildman–Crippen MR) is 105 cm³/mol. The minimum atomic E-state index is -0.0402. The van der Waals surface area contributed by atoms with Crippen LogP contribution in [0.3, 0.4) is 0 Å². The highest BCUT2D eigenvalue weighted by Crippen LogP contribution is 2.42. The second-order valence-electron chi connectivity index (χ2n) is 8.59. The van der Waals surface area contributed by atoms with Crippen LogP contribution in [0.1, 0.15) is 68.9 Å². The molecule has 0 heterocycles. The third-order valence-electron chi connectivity index (χ3n) is 7.10. The number of halogens is 1. The van der Waals surface area contributed by atoms with Gasteiger partial charge in [-0.15, -0.1) is 0 Å². The Balaban J connectivity index is 1.40. The quantitative estimate of drug-likeness (QED) is 0.621. The van der Waals surface area contributed by atoms with Crippen LogP contribution in [-0.4, -0.2) is 10.2 Å². The Labute approximate surface area is 151 Å². The van der Waals surface area contributed by atoms with E-state index in [2.05, 4.69) is 6.07 Å². The number of hydrogen-bond acceptors (Lipinski definition) is 0. The molecule has 134 valence electrons. The molecule has 0 N–H and O–H groups in total. The largest absolute Gasteiger partial charge is 0.207 e. The van der Waals surface area contributed by atoms with E-state index in [4.69, 9.17) is 0 Å². The van der Waals surface area contributed by atoms with Gasteiger partial charge in [0, 0.05) is 10.2 Å². The van der Waals surface area contributed by atoms with Gasteiger partial charge in [0.05, 0.1) is 0 Å². The highest BCUT2D eigenvalue weighted by Gasteiger charge is 2.30. The van der Waals surface area contributed by atoms with Gasteiger partial charge in [0.1, 0.15) is 5.82 Å². The second-order valence-corrected chi connectivity index (χ2v) is 9.41. The summed E-state index contributed by atoms with van der Waals surface area (Å²) in [6.07, 6.45) is 14.1. The molecule has 3 rings (SSSR count). The Morgan fingerprint density at radius 1 is 0.917 bits per heavy atom. The maximum absolute atomic E-state index is 13.7. The van der Waals surface area contributed by atoms with Crippen LogP contribution in [0.25, 0.3) is 0 Å². The molecule has 0 nitrogen and oxygen atoms in total. The first-order chi connectivity index (χ1) is 11.7. The van der Waals surface area contributed by atoms with Crippen LogP contribution < -0.4 is 0 Å². The zero-order valence-corrected chi connectivity index (χ0v) is 17.7. The minimum Gasteiger partial charge on any atom is -0.207 e. The Bertz CT molecular complexity index is 511. The normalized spacial score (nSPS) is 31.2. The molecular weight excluding hydrogens is 311 g/mol. The number of hydrogen-bond donors (Lipinski definition) is 0. The molecule has 0 saturated heterocycles. The zero-order chi connectivity index (χ0) is 16.9. The van der Waals surface area contributed by atoms with Crippen molar-refractivity contribution in [2.45, 2.75) is 77.2 Å². The SMILES string of the molecule is Cc1ccc(CCC2CCC(C3CCC(C[SiH3])CC3)CC2)cc1F. The van der Waals surface area contributed by atoms with Crippen molar-refractivity contribution in [2.24, 2.45) is 23.7 Å². The molecule has 0 radical (unpaired) electrons. The van der Waals surface area contributed by atoms with Gasteiger partial charge in [-0.25, -0.2) is 4.39 Å². The first-order valence-corrected chi connectivity index (χ1v) is 11.8. The number of rotatable bonds is 5. The molecule has 0 aliphatic heterocycles. The number of aryl methyl sites for hydroxylation is 2. The van der Waals surface area contributed by atoms with Crippen molar-refractivity contribution in [3.63, 3.8) is 0 Å². The monoisotopic (exact) mass is 346 g/mol. The molecule has 0 aromatic heterocycles. The second kappa shape index (κ2) is 8.65. The highest BCUT2D eigenvalue weighted by molar-refractivity contribution is 6.08. The third-order valence-corrected chi connectivity index (χ3v) is 8.26. The number of benzene rings is 1. The van der Waals surface area contributed by atoms with Gasteiger partial charge in [0.25, 0.3) is 0 Å². The van der Waals surface area contributed by atoms with Crippen molar-refractivity contribution >= 4 is 10.2 Å². The first kappa shape index (κ1) is 18.2. The van der Waals surface area contributed by atoms with Gasteiger partial charge in [0.2, 0.25) is 0 Å². The van der Waals surface area contributed by atoms with Gasteiger partial charge in [-0.05, 0) is 86.3 Å². The lowest BCUT2D eigenvalue weighted by atomic mass is 9.69. The average molecular weight is 347 g/mol. The molecule has 0 unspecified atom stereocenters. The molecule has 1 aromatic carbocycles. The van der Waals surface area contributed by atoms with Crippen molar-refractivity contribution < 1.29 is 4.39 Å². The fraction of sp³-hybridized carbons (Fsp3) is 0.727. The fourth-order valence-electron chi connectivity index (χ4n) is 5.18. The van der Waals surface area contributed by atoms with Gasteiger partial charge in [-0.1, -0.05) is 43.9 Å². The molecule has 0 amide bonds. The summed E-state index contributed by atoms with van der Waals surface area (Å²) < 4.78 is 13.7. The molecule has 2 saturated carbocycles. The Morgan fingerprint density at radius 3 is 2.04 bits per heavy atom. The lowest BCUT2D eigenvalue weighted by Gasteiger charge is -2.37. The molecule has 1 aromatic rings. The van der Waals surface area contributed by atoms with Crippen molar-refractivity contribution in [3.05, 3.63) is 35.1 Å². The van der Waals surface area contributed by atoms with Crippen molar-refractivity contribution in [2.75, 3.05) is 0 Å². The fourth-order valence-corrected chi connectivity index (χ4v) is 6.00. The van der Waals surface area contributed by atoms with Crippen molar-refractivity contribution in [3.8, 4) is 0 Å². The van der Waals surface area contributed by atoms with Crippen LogP contribution >= 0.6 is 0 Å². The summed E-state index contributed by atoms with van der Waals surface area (Å²) in [4.78, 5) is 0. The van der Waals surface area contributed by atoms with E-state index in [1.54, 1.807) is 6.07 Å². The van der Waals surface area contributed by atoms with Gasteiger partial charge in [-0.2, -0.15) is 0 Å². The van der Waals surface area contributed by atoms with E-state index in [9.17, 15) is 4.39 Å². The van der Waals surface area contributed by atoms with Gasteiger partial charge >= 0.3 is 0 Å². The van der Waals surface area contributed by atoms with Crippen LogP contribution in [0, 0.1) is 36.4 Å². The molecule has 2 heteroatoms. The maximum atomic E-state index is 13.7. The zero-order valence-electron chi connectivity index (χ0n) is 15.7. The Morgan fingerprint density at radius 2 is 1.50 bits per heavy atom. The molecule has 0 bridgehead atoms. The summed E-state index contributed by atoms with van der Waals surface area (Å²) in [5.74, 6) is 3.99. The standard InChI is InChI=1S/C22H35FSi/c1-16-2-3-18(14-22(16)23)5-4-17-6-10-20(11-7-17)21-12-8-19(15-24)9-13-21/h2-3,14,17,19-21H,4-13,15H2,1,24H3. The van der Waals surface area contributed by atoms with E-state index in [0.717, 1.165) is 35.7 Å². The van der Waals surface area contributed by atoms with E-state index in [0.29, 0.717) is 0 Å². The highest BCUT2D eigenvalue weighted by atomic mass is 28.1. The van der Waals surface area contributed by atoms with E-state index < -0.39 is 0 Å². The van der Waals surface area contributed by atoms with E-state index in [1.165, 1.54) is 79.6 Å². The smallest absolute Gasteiger partial charge is 0.126 e. The molecule has 0 spiro atoms. The maximum Gasteiger partial charge on any atom is 0.126 e. The van der Waals surface area contributed by atoms with Gasteiger partial charge < -0.3 is 0 Å². The van der Waals surface area contributed by atoms with Crippen LogP contribution in [0.4, 0.5) is 4.39 Å². The topological polar surface area (TPSA) is 0 Å². The molecule has 2 aliphatic carbocycles. The summed E-state index contributed by atoms with van der Waals surface area (Å²) in [6, 6.07) is 7.31. The average Bonchev–Trinajstić information content (AvgIpc) is 2.63. The van der Waals surface area contributed by atoms with Crippen LogP contribution in [-0.2, 0) is 6.42 Å². The summed E-state index contributed by atoms with van der Waals surface area (Å²) in [6.45, 7) is 1.84. The van der Waals surface area contributed by atoms with Gasteiger partial charge in [0.15, 0.2) is 0 Å². The summed E-state index contributed by atoms with van der Waals surface area (Å²) in [5, 5.41) is 0. The van der Waals surface area contributed by atoms with Crippen molar-refractivity contribution in [1.82, 2.24) is 0 Å². The molecule has 24 heavy (non-hydrogen) atoms. The Kier molecular flexibility index (Phi) is 6.54. The lowest BCUT2D eigenvalue weighted by molar-refractivity contribution is 0.148. The Hall–Kier alpha value is -0.633. The van der Waals surface area contributed by atoms with Crippen molar-refractivity contribution in [1.29, 1.82) is 0 Å². The minimum absolute atomic E-state index is 0.0402. The predicted octanol–water partition coefficient (Wildman–Crippen LogP) is 5.46. The summed E-state index contributed by atoms with van der Waals surface area (Å²) in [5.41, 5.74) is 1.95. The van der Waals surface area contributed by atoms with Crippen LogP contribution in [0.5, 0.6) is 0 Å². The van der Waals surface area contributed by atoms with Crippen LogP contribution in [0.15, 0.2) is 18.2 Å². The van der Waals surface area contributed by atoms with Crippen LogP contribution in [0.2, 0.25) is 6.04 Å².